The van der Waals surface area contributed by atoms with Crippen LogP contribution in [0.3, 0.4) is 0 Å². The molecule has 0 saturated heterocycles. The summed E-state index contributed by atoms with van der Waals surface area (Å²) in [6.07, 6.45) is 0.849. The summed E-state index contributed by atoms with van der Waals surface area (Å²) < 4.78 is 5.74. The van der Waals surface area contributed by atoms with E-state index in [0.29, 0.717) is 17.7 Å². The molecule has 1 aromatic carbocycles. The average Bonchev–Trinajstić information content (AvgIpc) is 2.51. The van der Waals surface area contributed by atoms with Gasteiger partial charge in [0.2, 0.25) is 0 Å². The van der Waals surface area contributed by atoms with Gasteiger partial charge in [-0.1, -0.05) is 60.6 Å². The number of hydrogen-bond donors (Lipinski definition) is 1. The first-order valence-corrected chi connectivity index (χ1v) is 9.22. The molecule has 0 heterocycles. The summed E-state index contributed by atoms with van der Waals surface area (Å²) in [6, 6.07) is 8.78. The number of ether oxygens (including phenoxy) is 1. The van der Waals surface area contributed by atoms with Crippen LogP contribution in [0.1, 0.15) is 54.0 Å². The lowest BCUT2D eigenvalue weighted by molar-refractivity contribution is -0.126. The highest BCUT2D eigenvalue weighted by molar-refractivity contribution is 5.83. The molecule has 24 heavy (non-hydrogen) atoms. The van der Waals surface area contributed by atoms with E-state index >= 15 is 0 Å². The molecule has 1 rings (SSSR count). The zero-order chi connectivity index (χ0) is 18.3. The molecule has 0 amide bonds. The molecule has 2 atom stereocenters. The number of carbonyl (C=O) groups excluding carboxylic acids is 1. The lowest BCUT2D eigenvalue weighted by atomic mass is 9.86. The molecule has 0 aromatic heterocycles. The number of rotatable bonds is 10. The van der Waals surface area contributed by atoms with Gasteiger partial charge in [0.25, 0.3) is 0 Å². The maximum atomic E-state index is 12.4. The van der Waals surface area contributed by atoms with Crippen molar-refractivity contribution in [3.05, 3.63) is 29.8 Å². The van der Waals surface area contributed by atoms with E-state index in [1.54, 1.807) is 0 Å². The van der Waals surface area contributed by atoms with Gasteiger partial charge in [0.05, 0.1) is 6.61 Å². The van der Waals surface area contributed by atoms with E-state index in [9.17, 15) is 4.79 Å². The zero-order valence-electron chi connectivity index (χ0n) is 16.4. The summed E-state index contributed by atoms with van der Waals surface area (Å²) >= 11 is 0. The number of nitrogens with one attached hydrogen (secondary N) is 1. The third-order valence-electron chi connectivity index (χ3n) is 4.13. The van der Waals surface area contributed by atoms with Crippen LogP contribution >= 0.6 is 0 Å². The molecule has 3 nitrogen and oxygen atoms in total. The van der Waals surface area contributed by atoms with E-state index in [1.165, 1.54) is 5.56 Å². The van der Waals surface area contributed by atoms with Crippen LogP contribution in [0.15, 0.2) is 24.3 Å². The molecule has 2 unspecified atom stereocenters. The van der Waals surface area contributed by atoms with Crippen LogP contribution < -0.4 is 10.1 Å². The first-order valence-electron chi connectivity index (χ1n) is 9.22. The zero-order valence-corrected chi connectivity index (χ0v) is 16.4. The van der Waals surface area contributed by atoms with Crippen LogP contribution in [-0.4, -0.2) is 24.5 Å². The first-order chi connectivity index (χ1) is 11.2. The number of hydrogen-bond acceptors (Lipinski definition) is 3. The van der Waals surface area contributed by atoms with Crippen LogP contribution in [0, 0.1) is 17.8 Å². The summed E-state index contributed by atoms with van der Waals surface area (Å²) in [5.74, 6) is 1.83. The van der Waals surface area contributed by atoms with Gasteiger partial charge in [0.15, 0.2) is 0 Å². The monoisotopic (exact) mass is 333 g/mol. The highest BCUT2D eigenvalue weighted by Crippen LogP contribution is 2.19. The van der Waals surface area contributed by atoms with Crippen molar-refractivity contribution < 1.29 is 9.53 Å². The number of benzene rings is 1. The second-order valence-electron chi connectivity index (χ2n) is 7.83. The van der Waals surface area contributed by atoms with E-state index in [-0.39, 0.29) is 17.9 Å². The molecule has 0 saturated carbocycles. The SMILES string of the molecule is CC(C)COc1ccc(CC(NC(C)C)C(C)C(=O)C(C)C)cc1. The van der Waals surface area contributed by atoms with Crippen molar-refractivity contribution in [2.45, 2.75) is 67.0 Å². The van der Waals surface area contributed by atoms with Gasteiger partial charge in [-0.15, -0.1) is 0 Å². The Morgan fingerprint density at radius 2 is 1.58 bits per heavy atom. The lowest BCUT2D eigenvalue weighted by Gasteiger charge is -2.28. The van der Waals surface area contributed by atoms with Crippen molar-refractivity contribution in [2.24, 2.45) is 17.8 Å². The predicted octanol–water partition coefficient (Wildman–Crippen LogP) is 4.49. The third-order valence-corrected chi connectivity index (χ3v) is 4.13. The van der Waals surface area contributed by atoms with E-state index in [2.05, 4.69) is 45.1 Å². The Balaban J connectivity index is 2.77. The summed E-state index contributed by atoms with van der Waals surface area (Å²) in [6.45, 7) is 15.3. The Bertz CT molecular complexity index is 491. The minimum atomic E-state index is 0.00395. The van der Waals surface area contributed by atoms with Crippen LogP contribution in [-0.2, 0) is 11.2 Å². The topological polar surface area (TPSA) is 38.3 Å². The molecule has 0 radical (unpaired) electrons. The van der Waals surface area contributed by atoms with Crippen LogP contribution in [0.25, 0.3) is 0 Å². The molecule has 0 aliphatic heterocycles. The fourth-order valence-electron chi connectivity index (χ4n) is 2.77. The van der Waals surface area contributed by atoms with Gasteiger partial charge in [-0.2, -0.15) is 0 Å². The van der Waals surface area contributed by atoms with Gasteiger partial charge in [-0.25, -0.2) is 0 Å². The second kappa shape index (κ2) is 9.83. The van der Waals surface area contributed by atoms with E-state index in [0.717, 1.165) is 18.8 Å². The van der Waals surface area contributed by atoms with Gasteiger partial charge < -0.3 is 10.1 Å². The van der Waals surface area contributed by atoms with Crippen molar-refractivity contribution in [3.63, 3.8) is 0 Å². The van der Waals surface area contributed by atoms with Crippen molar-refractivity contribution in [3.8, 4) is 5.75 Å². The molecular formula is C21H35NO2. The van der Waals surface area contributed by atoms with Crippen molar-refractivity contribution >= 4 is 5.78 Å². The lowest BCUT2D eigenvalue weighted by Crippen LogP contribution is -2.44. The molecule has 0 bridgehead atoms. The fraction of sp³-hybridized carbons (Fsp3) is 0.667. The summed E-state index contributed by atoms with van der Waals surface area (Å²) in [5.41, 5.74) is 1.23. The van der Waals surface area contributed by atoms with Gasteiger partial charge in [0.1, 0.15) is 11.5 Å². The Kier molecular flexibility index (Phi) is 8.47. The normalized spacial score (nSPS) is 14.2. The third kappa shape index (κ3) is 7.04. The quantitative estimate of drug-likeness (QED) is 0.685. The van der Waals surface area contributed by atoms with E-state index in [1.807, 2.05) is 32.9 Å². The van der Waals surface area contributed by atoms with Gasteiger partial charge in [-0.3, -0.25) is 4.79 Å². The summed E-state index contributed by atoms with van der Waals surface area (Å²) in [4.78, 5) is 12.4. The predicted molar refractivity (Wildman–Crippen MR) is 102 cm³/mol. The minimum Gasteiger partial charge on any atom is -0.493 e. The first kappa shape index (κ1) is 20.7. The number of Topliss-reactive ketones (excluding diaryl/α,β-unsaturated/α-hetero) is 1. The Morgan fingerprint density at radius 1 is 1.00 bits per heavy atom. The summed E-state index contributed by atoms with van der Waals surface area (Å²) in [7, 11) is 0. The minimum absolute atomic E-state index is 0.00395. The smallest absolute Gasteiger partial charge is 0.139 e. The fourth-order valence-corrected chi connectivity index (χ4v) is 2.77. The molecule has 0 aliphatic carbocycles. The van der Waals surface area contributed by atoms with Crippen LogP contribution in [0.4, 0.5) is 0 Å². The van der Waals surface area contributed by atoms with E-state index < -0.39 is 0 Å². The van der Waals surface area contributed by atoms with Crippen LogP contribution in [0.5, 0.6) is 5.75 Å². The second-order valence-corrected chi connectivity index (χ2v) is 7.83. The summed E-state index contributed by atoms with van der Waals surface area (Å²) in [5, 5.41) is 3.57. The molecule has 1 aromatic rings. The largest absolute Gasteiger partial charge is 0.493 e. The van der Waals surface area contributed by atoms with E-state index in [4.69, 9.17) is 4.74 Å². The maximum Gasteiger partial charge on any atom is 0.139 e. The van der Waals surface area contributed by atoms with Crippen molar-refractivity contribution in [1.29, 1.82) is 0 Å². The highest BCUT2D eigenvalue weighted by Gasteiger charge is 2.26. The van der Waals surface area contributed by atoms with Gasteiger partial charge >= 0.3 is 0 Å². The molecule has 0 spiro atoms. The standard InChI is InChI=1S/C21H35NO2/c1-14(2)13-24-19-10-8-18(9-11-19)12-20(22-16(5)6)17(7)21(23)15(3)4/h8-11,14-17,20,22H,12-13H2,1-7H3. The van der Waals surface area contributed by atoms with Gasteiger partial charge in [0, 0.05) is 23.9 Å². The Hall–Kier alpha value is -1.35. The average molecular weight is 334 g/mol. The van der Waals surface area contributed by atoms with Crippen molar-refractivity contribution in [2.75, 3.05) is 6.61 Å². The molecular weight excluding hydrogens is 298 g/mol. The Labute approximate surface area is 148 Å². The number of carbonyl (C=O) groups is 1. The Morgan fingerprint density at radius 3 is 2.04 bits per heavy atom. The molecule has 136 valence electrons. The molecule has 0 aliphatic rings. The maximum absolute atomic E-state index is 12.4. The van der Waals surface area contributed by atoms with Crippen LogP contribution in [0.2, 0.25) is 0 Å². The highest BCUT2D eigenvalue weighted by atomic mass is 16.5. The number of ketones is 1. The molecule has 3 heteroatoms. The molecule has 0 fully saturated rings. The van der Waals surface area contributed by atoms with Gasteiger partial charge in [-0.05, 0) is 30.0 Å². The molecule has 1 N–H and O–H groups in total. The van der Waals surface area contributed by atoms with Crippen molar-refractivity contribution in [1.82, 2.24) is 5.32 Å².